The fourth-order valence-corrected chi connectivity index (χ4v) is 4.38. The van der Waals surface area contributed by atoms with E-state index >= 15 is 0 Å². The minimum Gasteiger partial charge on any atom is -0.345 e. The summed E-state index contributed by atoms with van der Waals surface area (Å²) in [6.07, 6.45) is 2.46. The van der Waals surface area contributed by atoms with Gasteiger partial charge in [-0.3, -0.25) is 4.79 Å². The topological polar surface area (TPSA) is 38.1 Å². The summed E-state index contributed by atoms with van der Waals surface area (Å²) in [5, 5.41) is 0.975. The molecule has 0 spiro atoms. The number of hydrogen-bond donors (Lipinski definition) is 0. The van der Waals surface area contributed by atoms with Crippen LogP contribution in [0.1, 0.15) is 45.6 Å². The third-order valence-corrected chi connectivity index (χ3v) is 5.71. The maximum absolute atomic E-state index is 12.9. The van der Waals surface area contributed by atoms with Gasteiger partial charge in [0.05, 0.1) is 22.3 Å². The standard InChI is InChI=1S/C19H21N3OS/c1-12-10-15(13(2)22(12)14-8-9-14)19(23)21(3)11-18-20-16-6-4-5-7-17(16)24-18/h4-7,10,14H,8-9,11H2,1-3H3. The van der Waals surface area contributed by atoms with Crippen molar-refractivity contribution < 1.29 is 4.79 Å². The van der Waals surface area contributed by atoms with Gasteiger partial charge in [-0.15, -0.1) is 11.3 Å². The summed E-state index contributed by atoms with van der Waals surface area (Å²) in [7, 11) is 1.86. The van der Waals surface area contributed by atoms with Crippen LogP contribution in [0, 0.1) is 13.8 Å². The molecule has 0 bridgehead atoms. The van der Waals surface area contributed by atoms with Crippen LogP contribution >= 0.6 is 11.3 Å². The van der Waals surface area contributed by atoms with Crippen molar-refractivity contribution in [2.45, 2.75) is 39.3 Å². The molecule has 1 saturated carbocycles. The quantitative estimate of drug-likeness (QED) is 0.710. The minimum absolute atomic E-state index is 0.0780. The number of nitrogens with zero attached hydrogens (tertiary/aromatic N) is 3. The first kappa shape index (κ1) is 15.4. The number of aromatic nitrogens is 2. The number of fused-ring (bicyclic) bond motifs is 1. The Hall–Kier alpha value is -2.14. The highest BCUT2D eigenvalue weighted by molar-refractivity contribution is 7.18. The molecule has 5 heteroatoms. The second-order valence-corrected chi connectivity index (χ2v) is 7.74. The number of aryl methyl sites for hydroxylation is 1. The predicted molar refractivity (Wildman–Crippen MR) is 97.6 cm³/mol. The van der Waals surface area contributed by atoms with Crippen LogP contribution in [-0.2, 0) is 6.54 Å². The Morgan fingerprint density at radius 2 is 2.08 bits per heavy atom. The highest BCUT2D eigenvalue weighted by atomic mass is 32.1. The molecule has 4 nitrogen and oxygen atoms in total. The van der Waals surface area contributed by atoms with Gasteiger partial charge in [0.25, 0.3) is 5.91 Å². The second kappa shape index (κ2) is 5.74. The van der Waals surface area contributed by atoms with E-state index in [4.69, 9.17) is 0 Å². The van der Waals surface area contributed by atoms with E-state index in [1.807, 2.05) is 31.3 Å². The number of rotatable bonds is 4. The molecule has 0 unspecified atom stereocenters. The first-order valence-corrected chi connectivity index (χ1v) is 9.14. The Balaban J connectivity index is 1.56. The van der Waals surface area contributed by atoms with Crippen LogP contribution in [-0.4, -0.2) is 27.4 Å². The maximum Gasteiger partial charge on any atom is 0.255 e. The fourth-order valence-electron chi connectivity index (χ4n) is 3.36. The van der Waals surface area contributed by atoms with Gasteiger partial charge in [-0.1, -0.05) is 12.1 Å². The lowest BCUT2D eigenvalue weighted by atomic mass is 10.2. The zero-order valence-electron chi connectivity index (χ0n) is 14.2. The zero-order chi connectivity index (χ0) is 16.8. The fraction of sp³-hybridized carbons (Fsp3) is 0.368. The van der Waals surface area contributed by atoms with E-state index in [1.54, 1.807) is 16.2 Å². The smallest absolute Gasteiger partial charge is 0.255 e. The second-order valence-electron chi connectivity index (χ2n) is 6.62. The Morgan fingerprint density at radius 1 is 1.33 bits per heavy atom. The third kappa shape index (κ3) is 2.63. The molecule has 3 aromatic rings. The van der Waals surface area contributed by atoms with Crippen molar-refractivity contribution in [1.29, 1.82) is 0 Å². The molecule has 0 N–H and O–H groups in total. The van der Waals surface area contributed by atoms with E-state index in [2.05, 4.69) is 29.5 Å². The summed E-state index contributed by atoms with van der Waals surface area (Å²) < 4.78 is 3.49. The first-order valence-electron chi connectivity index (χ1n) is 8.33. The van der Waals surface area contributed by atoms with Crippen LogP contribution in [0.2, 0.25) is 0 Å². The molecule has 2 aromatic heterocycles. The lowest BCUT2D eigenvalue weighted by Gasteiger charge is -2.16. The van der Waals surface area contributed by atoms with Crippen LogP contribution in [0.3, 0.4) is 0 Å². The number of carbonyl (C=O) groups excluding carboxylic acids is 1. The maximum atomic E-state index is 12.9. The van der Waals surface area contributed by atoms with Crippen LogP contribution in [0.5, 0.6) is 0 Å². The van der Waals surface area contributed by atoms with E-state index < -0.39 is 0 Å². The first-order chi connectivity index (χ1) is 11.5. The zero-order valence-corrected chi connectivity index (χ0v) is 15.1. The molecule has 124 valence electrons. The third-order valence-electron chi connectivity index (χ3n) is 4.68. The van der Waals surface area contributed by atoms with Crippen molar-refractivity contribution in [3.8, 4) is 0 Å². The van der Waals surface area contributed by atoms with Crippen molar-refractivity contribution in [3.63, 3.8) is 0 Å². The molecular formula is C19H21N3OS. The summed E-state index contributed by atoms with van der Waals surface area (Å²) in [5.41, 5.74) is 4.11. The predicted octanol–water partition coefficient (Wildman–Crippen LogP) is 4.32. The monoisotopic (exact) mass is 339 g/mol. The molecule has 24 heavy (non-hydrogen) atoms. The number of carbonyl (C=O) groups is 1. The molecule has 2 heterocycles. The molecule has 0 aliphatic heterocycles. The number of benzene rings is 1. The van der Waals surface area contributed by atoms with Gasteiger partial charge in [-0.25, -0.2) is 4.98 Å². The van der Waals surface area contributed by atoms with E-state index in [0.717, 1.165) is 21.8 Å². The van der Waals surface area contributed by atoms with Gasteiger partial charge in [0, 0.05) is 24.5 Å². The molecule has 0 atom stereocenters. The van der Waals surface area contributed by atoms with Gasteiger partial charge in [0.2, 0.25) is 0 Å². The number of amides is 1. The Morgan fingerprint density at radius 3 is 2.79 bits per heavy atom. The van der Waals surface area contributed by atoms with Gasteiger partial charge in [0.15, 0.2) is 0 Å². The van der Waals surface area contributed by atoms with Crippen molar-refractivity contribution in [3.05, 3.63) is 52.3 Å². The molecule has 0 radical (unpaired) electrons. The normalized spacial score (nSPS) is 14.3. The molecule has 4 rings (SSSR count). The highest BCUT2D eigenvalue weighted by Crippen LogP contribution is 2.38. The average Bonchev–Trinajstić information content (AvgIpc) is 3.23. The molecule has 1 aromatic carbocycles. The van der Waals surface area contributed by atoms with Gasteiger partial charge in [0.1, 0.15) is 5.01 Å². The summed E-state index contributed by atoms with van der Waals surface area (Å²) in [6, 6.07) is 10.7. The Bertz CT molecular complexity index is 887. The summed E-state index contributed by atoms with van der Waals surface area (Å²) in [6.45, 7) is 4.70. The lowest BCUT2D eigenvalue weighted by molar-refractivity contribution is 0.0784. The van der Waals surface area contributed by atoms with E-state index in [1.165, 1.54) is 23.2 Å². The van der Waals surface area contributed by atoms with Crippen LogP contribution in [0.4, 0.5) is 0 Å². The Kier molecular flexibility index (Phi) is 3.68. The lowest BCUT2D eigenvalue weighted by Crippen LogP contribution is -2.26. The highest BCUT2D eigenvalue weighted by Gasteiger charge is 2.29. The molecule has 1 aliphatic rings. The van der Waals surface area contributed by atoms with Crippen LogP contribution in [0.25, 0.3) is 10.2 Å². The van der Waals surface area contributed by atoms with E-state index in [-0.39, 0.29) is 5.91 Å². The summed E-state index contributed by atoms with van der Waals surface area (Å²) in [4.78, 5) is 19.3. The van der Waals surface area contributed by atoms with Gasteiger partial charge in [-0.2, -0.15) is 0 Å². The van der Waals surface area contributed by atoms with Crippen molar-refractivity contribution in [1.82, 2.24) is 14.5 Å². The SMILES string of the molecule is Cc1cc(C(=O)N(C)Cc2nc3ccccc3s2)c(C)n1C1CC1. The summed E-state index contributed by atoms with van der Waals surface area (Å²) >= 11 is 1.66. The minimum atomic E-state index is 0.0780. The number of hydrogen-bond acceptors (Lipinski definition) is 3. The van der Waals surface area contributed by atoms with E-state index in [9.17, 15) is 4.79 Å². The summed E-state index contributed by atoms with van der Waals surface area (Å²) in [5.74, 6) is 0.0780. The van der Waals surface area contributed by atoms with Gasteiger partial charge in [-0.05, 0) is 44.9 Å². The van der Waals surface area contributed by atoms with Crippen molar-refractivity contribution >= 4 is 27.5 Å². The number of para-hydroxylation sites is 1. The van der Waals surface area contributed by atoms with E-state index in [0.29, 0.717) is 12.6 Å². The number of thiazole rings is 1. The molecule has 1 amide bonds. The van der Waals surface area contributed by atoms with Crippen LogP contribution in [0.15, 0.2) is 30.3 Å². The molecule has 1 fully saturated rings. The van der Waals surface area contributed by atoms with Gasteiger partial charge >= 0.3 is 0 Å². The van der Waals surface area contributed by atoms with Crippen molar-refractivity contribution in [2.75, 3.05) is 7.05 Å². The molecule has 0 saturated heterocycles. The largest absolute Gasteiger partial charge is 0.345 e. The molecular weight excluding hydrogens is 318 g/mol. The van der Waals surface area contributed by atoms with Crippen molar-refractivity contribution in [2.24, 2.45) is 0 Å². The van der Waals surface area contributed by atoms with Crippen LogP contribution < -0.4 is 0 Å². The molecule has 1 aliphatic carbocycles. The average molecular weight is 339 g/mol. The Labute approximate surface area is 145 Å². The van der Waals surface area contributed by atoms with Gasteiger partial charge < -0.3 is 9.47 Å².